The molecule has 8 rings (SSSR count). The number of terminal acetylenes is 1. The number of pyridine rings is 1. The second kappa shape index (κ2) is 10.2. The Morgan fingerprint density at radius 2 is 1.98 bits per heavy atom. The molecule has 4 saturated heterocycles. The van der Waals surface area contributed by atoms with Gasteiger partial charge >= 0.3 is 6.01 Å². The molecule has 9 nitrogen and oxygen atoms in total. The average Bonchev–Trinajstić information content (AvgIpc) is 3.62. The highest BCUT2D eigenvalue weighted by atomic mass is 32.2. The van der Waals surface area contributed by atoms with Gasteiger partial charge in [-0.15, -0.1) is 6.42 Å². The van der Waals surface area contributed by atoms with Crippen LogP contribution in [-0.2, 0) is 9.84 Å². The van der Waals surface area contributed by atoms with Crippen LogP contribution in [0.15, 0.2) is 36.5 Å². The number of benzene rings is 2. The molecular weight excluding hydrogens is 600 g/mol. The summed E-state index contributed by atoms with van der Waals surface area (Å²) in [5, 5.41) is 12.1. The Morgan fingerprint density at radius 3 is 2.76 bits per heavy atom. The van der Waals surface area contributed by atoms with E-state index in [1.165, 1.54) is 12.3 Å². The third kappa shape index (κ3) is 4.58. The molecule has 0 amide bonds. The molecule has 6 heterocycles. The first-order valence-electron chi connectivity index (χ1n) is 15.2. The van der Waals surface area contributed by atoms with Gasteiger partial charge in [-0.2, -0.15) is 9.97 Å². The lowest BCUT2D eigenvalue weighted by Crippen LogP contribution is -2.49. The Kier molecular flexibility index (Phi) is 6.45. The Bertz CT molecular complexity index is 2020. The molecule has 0 radical (unpaired) electrons. The number of ether oxygens (including phenoxy) is 1. The zero-order chi connectivity index (χ0) is 31.1. The quantitative estimate of drug-likeness (QED) is 0.321. The van der Waals surface area contributed by atoms with Gasteiger partial charge in [0.1, 0.15) is 35.6 Å². The van der Waals surface area contributed by atoms with Gasteiger partial charge in [0.2, 0.25) is 0 Å². The zero-order valence-corrected chi connectivity index (χ0v) is 25.2. The molecule has 2 aromatic carbocycles. The average molecular weight is 632 g/mol. The molecule has 2 unspecified atom stereocenters. The van der Waals surface area contributed by atoms with Crippen LogP contribution in [0.5, 0.6) is 11.8 Å². The van der Waals surface area contributed by atoms with Crippen LogP contribution >= 0.6 is 0 Å². The van der Waals surface area contributed by atoms with Crippen molar-refractivity contribution in [2.75, 3.05) is 36.1 Å². The number of alkyl halides is 1. The molecule has 45 heavy (non-hydrogen) atoms. The van der Waals surface area contributed by atoms with Crippen molar-refractivity contribution < 1.29 is 27.0 Å². The molecule has 232 valence electrons. The number of aromatic hydroxyl groups is 1. The van der Waals surface area contributed by atoms with Crippen LogP contribution in [0.25, 0.3) is 32.9 Å². The second-order valence-corrected chi connectivity index (χ2v) is 14.9. The van der Waals surface area contributed by atoms with E-state index in [2.05, 4.69) is 20.8 Å². The van der Waals surface area contributed by atoms with Crippen molar-refractivity contribution in [2.45, 2.75) is 55.9 Å². The van der Waals surface area contributed by atoms with Crippen LogP contribution in [-0.4, -0.2) is 88.4 Å². The highest BCUT2D eigenvalue weighted by molar-refractivity contribution is 7.91. The molecule has 2 aromatic heterocycles. The molecule has 0 aliphatic carbocycles. The monoisotopic (exact) mass is 631 g/mol. The summed E-state index contributed by atoms with van der Waals surface area (Å²) in [5.41, 5.74) is 0.264. The number of phenolic OH excluding ortho intramolecular Hbond substituents is 1. The number of nitrogens with zero attached hydrogens (tertiary/aromatic N) is 5. The topological polar surface area (TPSA) is 109 Å². The van der Waals surface area contributed by atoms with E-state index in [1.54, 1.807) is 24.3 Å². The van der Waals surface area contributed by atoms with Crippen LogP contribution in [0.4, 0.5) is 14.6 Å². The van der Waals surface area contributed by atoms with E-state index in [1.807, 2.05) is 4.90 Å². The summed E-state index contributed by atoms with van der Waals surface area (Å²) in [7, 11) is -3.23. The summed E-state index contributed by atoms with van der Waals surface area (Å²) in [6, 6.07) is 7.57. The fourth-order valence-electron chi connectivity index (χ4n) is 8.13. The van der Waals surface area contributed by atoms with E-state index in [0.717, 1.165) is 19.4 Å². The smallest absolute Gasteiger partial charge is 0.319 e. The molecule has 4 aliphatic heterocycles. The van der Waals surface area contributed by atoms with Crippen LogP contribution in [0.1, 0.15) is 37.7 Å². The van der Waals surface area contributed by atoms with Crippen LogP contribution in [0.2, 0.25) is 0 Å². The maximum atomic E-state index is 16.8. The van der Waals surface area contributed by atoms with Crippen molar-refractivity contribution in [2.24, 2.45) is 0 Å². The van der Waals surface area contributed by atoms with Crippen LogP contribution in [0.3, 0.4) is 0 Å². The largest absolute Gasteiger partial charge is 0.508 e. The number of aromatic nitrogens is 3. The highest BCUT2D eigenvalue weighted by Gasteiger charge is 2.50. The molecule has 4 aliphatic rings. The van der Waals surface area contributed by atoms with Crippen molar-refractivity contribution in [3.63, 3.8) is 0 Å². The van der Waals surface area contributed by atoms with Crippen molar-refractivity contribution in [3.8, 4) is 35.4 Å². The first-order chi connectivity index (χ1) is 21.6. The Hall–Kier alpha value is -4.08. The Balaban J connectivity index is 1.29. The fourth-order valence-corrected chi connectivity index (χ4v) is 10.1. The van der Waals surface area contributed by atoms with Gasteiger partial charge in [-0.1, -0.05) is 18.1 Å². The molecule has 4 fully saturated rings. The van der Waals surface area contributed by atoms with E-state index in [9.17, 15) is 17.9 Å². The maximum Gasteiger partial charge on any atom is 0.319 e. The minimum Gasteiger partial charge on any atom is -0.508 e. The van der Waals surface area contributed by atoms with E-state index in [-0.39, 0.29) is 53.2 Å². The molecule has 4 atom stereocenters. The van der Waals surface area contributed by atoms with Gasteiger partial charge in [-0.25, -0.2) is 17.2 Å². The normalized spacial score (nSPS) is 27.2. The number of phenols is 1. The summed E-state index contributed by atoms with van der Waals surface area (Å²) in [5.74, 6) is 2.16. The van der Waals surface area contributed by atoms with Crippen molar-refractivity contribution >= 4 is 37.3 Å². The third-order valence-electron chi connectivity index (χ3n) is 10.0. The fraction of sp³-hybridized carbons (Fsp3) is 0.424. The first-order valence-corrected chi connectivity index (χ1v) is 17.1. The van der Waals surface area contributed by atoms with E-state index < -0.39 is 27.4 Å². The molecule has 2 bridgehead atoms. The predicted molar refractivity (Wildman–Crippen MR) is 166 cm³/mol. The van der Waals surface area contributed by atoms with Gasteiger partial charge in [0, 0.05) is 47.8 Å². The summed E-state index contributed by atoms with van der Waals surface area (Å²) < 4.78 is 62.7. The van der Waals surface area contributed by atoms with Crippen molar-refractivity contribution in [1.82, 2.24) is 19.9 Å². The summed E-state index contributed by atoms with van der Waals surface area (Å²) >= 11 is 0. The van der Waals surface area contributed by atoms with Gasteiger partial charge < -0.3 is 14.7 Å². The maximum absolute atomic E-state index is 16.8. The van der Waals surface area contributed by atoms with Gasteiger partial charge in [-0.05, 0) is 55.8 Å². The highest BCUT2D eigenvalue weighted by Crippen LogP contribution is 2.43. The van der Waals surface area contributed by atoms with Gasteiger partial charge in [-0.3, -0.25) is 9.88 Å². The Labute approximate surface area is 259 Å². The molecule has 12 heteroatoms. The van der Waals surface area contributed by atoms with E-state index in [4.69, 9.17) is 16.1 Å². The number of halogens is 2. The first kappa shape index (κ1) is 28.4. The number of hydrogen-bond donors (Lipinski definition) is 1. The minimum atomic E-state index is -3.23. The standard InChI is InChI=1S/C33H31F2N5O4S/c1-2-19-5-3-6-20-11-24(41)12-25(27(19)20)29-28(35)30-26(14-36-29)31(40-22-7-8-23(40)17-45(42,43)16-22)38-32(37-30)44-18-33-9-4-10-39(33)15-21(34)13-33/h1,3,5-6,11-12,14,21-23,41H,4,7-10,13,15-18H2/t21-,22?,23?,33+/m1/s1. The zero-order valence-electron chi connectivity index (χ0n) is 24.4. The SMILES string of the molecule is C#Cc1cccc2cc(O)cc(-c3ncc4c(N5C6CCC5CS(=O)(=O)C6)nc(OC[C@@]56CCCN5C[C@H](F)C6)nc4c3F)c12. The van der Waals surface area contributed by atoms with Gasteiger partial charge in [0.15, 0.2) is 15.7 Å². The lowest BCUT2D eigenvalue weighted by atomic mass is 9.95. The molecule has 0 saturated carbocycles. The number of sulfone groups is 1. The van der Waals surface area contributed by atoms with E-state index in [0.29, 0.717) is 58.9 Å². The Morgan fingerprint density at radius 1 is 1.18 bits per heavy atom. The number of anilines is 1. The van der Waals surface area contributed by atoms with Crippen molar-refractivity contribution in [3.05, 3.63) is 47.9 Å². The summed E-state index contributed by atoms with van der Waals surface area (Å²) in [6.07, 6.45) is 9.75. The minimum absolute atomic E-state index is 0.0146. The molecule has 1 N–H and O–H groups in total. The number of rotatable bonds is 5. The summed E-state index contributed by atoms with van der Waals surface area (Å²) in [6.45, 7) is 1.31. The lowest BCUT2D eigenvalue weighted by Gasteiger charge is -2.36. The van der Waals surface area contributed by atoms with Crippen molar-refractivity contribution in [1.29, 1.82) is 0 Å². The summed E-state index contributed by atoms with van der Waals surface area (Å²) in [4.78, 5) is 17.9. The predicted octanol–water partition coefficient (Wildman–Crippen LogP) is 4.39. The van der Waals surface area contributed by atoms with Crippen LogP contribution in [0, 0.1) is 18.2 Å². The van der Waals surface area contributed by atoms with Gasteiger partial charge in [0.05, 0.1) is 22.4 Å². The molecule has 0 spiro atoms. The lowest BCUT2D eigenvalue weighted by molar-refractivity contribution is 0.107. The van der Waals surface area contributed by atoms with E-state index >= 15 is 4.39 Å². The van der Waals surface area contributed by atoms with Crippen LogP contribution < -0.4 is 9.64 Å². The second-order valence-electron chi connectivity index (χ2n) is 12.8. The van der Waals surface area contributed by atoms with Gasteiger partial charge in [0.25, 0.3) is 0 Å². The number of hydrogen-bond acceptors (Lipinski definition) is 9. The third-order valence-corrected chi connectivity index (χ3v) is 11.8. The number of fused-ring (bicyclic) bond motifs is 5. The molecular formula is C33H31F2N5O4S. The molecule has 4 aromatic rings.